The van der Waals surface area contributed by atoms with Crippen molar-refractivity contribution >= 4 is 15.9 Å². The highest BCUT2D eigenvalue weighted by molar-refractivity contribution is 7.89. The molecule has 168 valence electrons. The van der Waals surface area contributed by atoms with Crippen molar-refractivity contribution in [3.8, 4) is 0 Å². The lowest BCUT2D eigenvalue weighted by Crippen LogP contribution is -2.46. The summed E-state index contributed by atoms with van der Waals surface area (Å²) in [5.41, 5.74) is -0.470. The molecule has 0 saturated carbocycles. The molecule has 2 heterocycles. The van der Waals surface area contributed by atoms with E-state index < -0.39 is 26.2 Å². The number of piperidine rings is 1. The number of sulfonamides is 1. The van der Waals surface area contributed by atoms with Crippen molar-refractivity contribution in [2.45, 2.75) is 50.5 Å². The van der Waals surface area contributed by atoms with Crippen LogP contribution in [-0.4, -0.2) is 47.7 Å². The fraction of sp³-hybridized carbons (Fsp3) is 0.476. The largest absolute Gasteiger partial charge is 0.353 e. The van der Waals surface area contributed by atoms with Gasteiger partial charge in [-0.05, 0) is 45.1 Å². The third kappa shape index (κ3) is 5.50. The fourth-order valence-corrected chi connectivity index (χ4v) is 5.52. The van der Waals surface area contributed by atoms with Crippen LogP contribution in [0.2, 0.25) is 0 Å². The van der Waals surface area contributed by atoms with Crippen LogP contribution in [0, 0.1) is 12.8 Å². The van der Waals surface area contributed by atoms with Crippen molar-refractivity contribution in [1.29, 1.82) is 0 Å². The molecule has 1 amide bonds. The lowest BCUT2D eigenvalue weighted by molar-refractivity contribution is -0.126. The average Bonchev–Trinajstić information content (AvgIpc) is 2.72. The van der Waals surface area contributed by atoms with Gasteiger partial charge in [0.2, 0.25) is 15.9 Å². The van der Waals surface area contributed by atoms with Crippen molar-refractivity contribution in [2.75, 3.05) is 13.1 Å². The Kier molecular flexibility index (Phi) is 7.11. The Morgan fingerprint density at radius 1 is 1.16 bits per heavy atom. The fourth-order valence-electron chi connectivity index (χ4n) is 3.85. The highest BCUT2D eigenvalue weighted by Crippen LogP contribution is 2.23. The van der Waals surface area contributed by atoms with Crippen molar-refractivity contribution in [3.63, 3.8) is 0 Å². The first-order valence-corrected chi connectivity index (χ1v) is 11.8. The van der Waals surface area contributed by atoms with Gasteiger partial charge in [-0.25, -0.2) is 13.2 Å². The van der Waals surface area contributed by atoms with Crippen LogP contribution in [0.4, 0.5) is 0 Å². The number of nitrogens with one attached hydrogen (secondary N) is 3. The molecule has 1 atom stereocenters. The number of hydrogen-bond donors (Lipinski definition) is 3. The molecular formula is C21H28N4O5S. The minimum atomic E-state index is -4.06. The van der Waals surface area contributed by atoms with Crippen molar-refractivity contribution < 1.29 is 13.2 Å². The maximum Gasteiger partial charge on any atom is 0.325 e. The molecular weight excluding hydrogens is 420 g/mol. The van der Waals surface area contributed by atoms with E-state index in [1.165, 1.54) is 16.8 Å². The van der Waals surface area contributed by atoms with Crippen LogP contribution in [0.5, 0.6) is 0 Å². The summed E-state index contributed by atoms with van der Waals surface area (Å²) in [4.78, 5) is 39.8. The summed E-state index contributed by atoms with van der Waals surface area (Å²) in [6, 6.07) is 10.1. The molecule has 0 spiro atoms. The van der Waals surface area contributed by atoms with Crippen LogP contribution in [-0.2, 0) is 21.2 Å². The average molecular weight is 449 g/mol. The molecule has 3 rings (SSSR count). The Hall–Kier alpha value is -2.72. The Morgan fingerprint density at radius 2 is 1.81 bits per heavy atom. The second kappa shape index (κ2) is 9.61. The zero-order chi connectivity index (χ0) is 22.6. The number of H-pyrrole nitrogens is 2. The Labute approximate surface area is 180 Å². The van der Waals surface area contributed by atoms with Gasteiger partial charge in [0.15, 0.2) is 4.90 Å². The summed E-state index contributed by atoms with van der Waals surface area (Å²) in [7, 11) is -4.06. The molecule has 1 aliphatic heterocycles. The van der Waals surface area contributed by atoms with Gasteiger partial charge in [-0.1, -0.05) is 30.3 Å². The molecule has 0 bridgehead atoms. The van der Waals surface area contributed by atoms with Gasteiger partial charge in [0.1, 0.15) is 0 Å². The maximum atomic E-state index is 12.9. The minimum Gasteiger partial charge on any atom is -0.353 e. The smallest absolute Gasteiger partial charge is 0.325 e. The summed E-state index contributed by atoms with van der Waals surface area (Å²) in [5.74, 6) is -0.351. The molecule has 2 aromatic rings. The first-order valence-electron chi connectivity index (χ1n) is 10.4. The molecule has 0 unspecified atom stereocenters. The highest BCUT2D eigenvalue weighted by atomic mass is 32.2. The van der Waals surface area contributed by atoms with Crippen molar-refractivity contribution in [2.24, 2.45) is 5.92 Å². The van der Waals surface area contributed by atoms with E-state index in [-0.39, 0.29) is 36.7 Å². The lowest BCUT2D eigenvalue weighted by Gasteiger charge is -2.31. The second-order valence-electron chi connectivity index (χ2n) is 7.97. The number of amides is 1. The highest BCUT2D eigenvalue weighted by Gasteiger charge is 2.35. The van der Waals surface area contributed by atoms with Gasteiger partial charge in [0.05, 0.1) is 0 Å². The van der Waals surface area contributed by atoms with Gasteiger partial charge < -0.3 is 10.3 Å². The first kappa shape index (κ1) is 23.0. The van der Waals surface area contributed by atoms with Crippen molar-refractivity contribution in [1.82, 2.24) is 19.6 Å². The normalized spacial score (nSPS) is 16.7. The van der Waals surface area contributed by atoms with Gasteiger partial charge >= 0.3 is 5.69 Å². The van der Waals surface area contributed by atoms with E-state index in [0.29, 0.717) is 12.8 Å². The lowest BCUT2D eigenvalue weighted by atomic mass is 9.96. The van der Waals surface area contributed by atoms with Gasteiger partial charge in [-0.3, -0.25) is 14.6 Å². The van der Waals surface area contributed by atoms with E-state index in [0.717, 1.165) is 12.8 Å². The Balaban J connectivity index is 1.56. The van der Waals surface area contributed by atoms with Gasteiger partial charge in [0, 0.05) is 30.7 Å². The number of carbonyl (C=O) groups excluding carboxylic acids is 1. The van der Waals surface area contributed by atoms with Crippen LogP contribution >= 0.6 is 0 Å². The molecule has 1 aromatic carbocycles. The molecule has 1 saturated heterocycles. The van der Waals surface area contributed by atoms with E-state index in [9.17, 15) is 22.8 Å². The molecule has 10 heteroatoms. The third-order valence-electron chi connectivity index (χ3n) is 5.60. The van der Waals surface area contributed by atoms with Crippen LogP contribution in [0.15, 0.2) is 44.8 Å². The monoisotopic (exact) mass is 448 g/mol. The zero-order valence-corrected chi connectivity index (χ0v) is 18.5. The van der Waals surface area contributed by atoms with E-state index in [4.69, 9.17) is 0 Å². The summed E-state index contributed by atoms with van der Waals surface area (Å²) in [6.45, 7) is 3.61. The first-order chi connectivity index (χ1) is 14.7. The number of rotatable bonds is 7. The topological polar surface area (TPSA) is 132 Å². The van der Waals surface area contributed by atoms with E-state index in [1.54, 1.807) is 0 Å². The quantitative estimate of drug-likeness (QED) is 0.579. The van der Waals surface area contributed by atoms with Gasteiger partial charge in [-0.2, -0.15) is 4.31 Å². The second-order valence-corrected chi connectivity index (χ2v) is 9.85. The van der Waals surface area contributed by atoms with Gasteiger partial charge in [0.25, 0.3) is 5.56 Å². The number of benzene rings is 1. The molecule has 1 fully saturated rings. The number of nitrogens with zero attached hydrogens (tertiary/aromatic N) is 1. The maximum absolute atomic E-state index is 12.9. The standard InChI is InChI=1S/C21H28N4O5S/c1-14(8-9-16-6-4-3-5-7-16)22-19(26)17-10-12-25(13-11-17)31(29,30)18-15(2)23-21(28)24-20(18)27/h3-7,14,17H,8-13H2,1-2H3,(H,22,26)(H2,23,24,27,28)/t14-/m1/s1. The molecule has 1 aromatic heterocycles. The summed E-state index contributed by atoms with van der Waals surface area (Å²) >= 11 is 0. The molecule has 9 nitrogen and oxygen atoms in total. The van der Waals surface area contributed by atoms with E-state index in [2.05, 4.69) is 22.4 Å². The summed E-state index contributed by atoms with van der Waals surface area (Å²) in [6.07, 6.45) is 2.43. The number of aromatic amines is 2. The Bertz CT molecular complexity index is 1130. The van der Waals surface area contributed by atoms with Crippen molar-refractivity contribution in [3.05, 3.63) is 62.4 Å². The van der Waals surface area contributed by atoms with Crippen LogP contribution in [0.1, 0.15) is 37.4 Å². The summed E-state index contributed by atoms with van der Waals surface area (Å²) < 4.78 is 27.0. The van der Waals surface area contributed by atoms with E-state index >= 15 is 0 Å². The molecule has 31 heavy (non-hydrogen) atoms. The minimum absolute atomic E-state index is 0.000794. The number of aryl methyl sites for hydroxylation is 2. The third-order valence-corrected chi connectivity index (χ3v) is 7.65. The number of hydrogen-bond acceptors (Lipinski definition) is 5. The molecule has 0 radical (unpaired) electrons. The van der Waals surface area contributed by atoms with Gasteiger partial charge in [-0.15, -0.1) is 0 Å². The SMILES string of the molecule is Cc1[nH]c(=O)[nH]c(=O)c1S(=O)(=O)N1CCC(C(=O)N[C@H](C)CCc2ccccc2)CC1. The van der Waals surface area contributed by atoms with Crippen LogP contribution in [0.25, 0.3) is 0 Å². The van der Waals surface area contributed by atoms with E-state index in [1.807, 2.05) is 30.1 Å². The number of carbonyl (C=O) groups is 1. The molecule has 1 aliphatic rings. The summed E-state index contributed by atoms with van der Waals surface area (Å²) in [5, 5.41) is 3.03. The molecule has 0 aliphatic carbocycles. The van der Waals surface area contributed by atoms with Crippen LogP contribution in [0.3, 0.4) is 0 Å². The zero-order valence-electron chi connectivity index (χ0n) is 17.7. The number of aromatic nitrogens is 2. The predicted molar refractivity (Wildman–Crippen MR) is 116 cm³/mol. The predicted octanol–water partition coefficient (Wildman–Crippen LogP) is 0.910. The molecule has 3 N–H and O–H groups in total. The van der Waals surface area contributed by atoms with Crippen LogP contribution < -0.4 is 16.6 Å². The Morgan fingerprint density at radius 3 is 2.42 bits per heavy atom.